The summed E-state index contributed by atoms with van der Waals surface area (Å²) in [6.07, 6.45) is 2.33. The highest BCUT2D eigenvalue weighted by molar-refractivity contribution is 5.83. The van der Waals surface area contributed by atoms with Gasteiger partial charge in [-0.15, -0.1) is 5.10 Å². The molecular weight excluding hydrogens is 244 g/mol. The van der Waals surface area contributed by atoms with E-state index in [2.05, 4.69) is 15.6 Å². The smallest absolute Gasteiger partial charge is 0.326 e. The van der Waals surface area contributed by atoms with E-state index in [0.29, 0.717) is 0 Å². The molecule has 1 heterocycles. The number of carboxylic acid groups (broad SMARTS) is 2. The van der Waals surface area contributed by atoms with Gasteiger partial charge in [0.25, 0.3) is 0 Å². The first kappa shape index (κ1) is 13.6. The van der Waals surface area contributed by atoms with E-state index in [0.717, 1.165) is 0 Å². The SMILES string of the molecule is O=C(O)CC[C@H](NC(=O)Cn1ccnn1)C(=O)O. The van der Waals surface area contributed by atoms with Crippen LogP contribution < -0.4 is 5.32 Å². The first-order valence-corrected chi connectivity index (χ1v) is 5.07. The van der Waals surface area contributed by atoms with Crippen molar-refractivity contribution >= 4 is 17.8 Å². The van der Waals surface area contributed by atoms with Crippen LogP contribution in [0.4, 0.5) is 0 Å². The summed E-state index contributed by atoms with van der Waals surface area (Å²) < 4.78 is 1.23. The average molecular weight is 256 g/mol. The van der Waals surface area contributed by atoms with Crippen molar-refractivity contribution < 1.29 is 24.6 Å². The number of amides is 1. The summed E-state index contributed by atoms with van der Waals surface area (Å²) in [5.41, 5.74) is 0. The van der Waals surface area contributed by atoms with Crippen LogP contribution in [0.1, 0.15) is 12.8 Å². The number of nitrogens with one attached hydrogen (secondary N) is 1. The second-order valence-corrected chi connectivity index (χ2v) is 3.49. The zero-order chi connectivity index (χ0) is 13.5. The molecule has 0 aliphatic heterocycles. The standard InChI is InChI=1S/C9H12N4O5/c14-7(5-13-4-3-10-12-13)11-6(9(17)18)1-2-8(15)16/h3-4,6H,1-2,5H2,(H,11,14)(H,15,16)(H,17,18)/t6-/m0/s1. The van der Waals surface area contributed by atoms with E-state index in [-0.39, 0.29) is 19.4 Å². The summed E-state index contributed by atoms with van der Waals surface area (Å²) in [5, 5.41) is 26.5. The van der Waals surface area contributed by atoms with Crippen molar-refractivity contribution in [3.63, 3.8) is 0 Å². The molecular formula is C9H12N4O5. The molecule has 0 spiro atoms. The van der Waals surface area contributed by atoms with Gasteiger partial charge in [0.05, 0.1) is 6.20 Å². The molecule has 0 radical (unpaired) electrons. The Balaban J connectivity index is 2.47. The van der Waals surface area contributed by atoms with Gasteiger partial charge in [-0.05, 0) is 6.42 Å². The Morgan fingerprint density at radius 3 is 2.56 bits per heavy atom. The van der Waals surface area contributed by atoms with Gasteiger partial charge in [0.1, 0.15) is 12.6 Å². The maximum absolute atomic E-state index is 11.5. The minimum atomic E-state index is -1.27. The molecule has 18 heavy (non-hydrogen) atoms. The lowest BCUT2D eigenvalue weighted by Crippen LogP contribution is -2.42. The summed E-state index contributed by atoms with van der Waals surface area (Å²) in [5.74, 6) is -2.96. The Kier molecular flexibility index (Phi) is 4.78. The maximum atomic E-state index is 11.5. The molecule has 1 aromatic heterocycles. The molecule has 0 aliphatic rings. The number of aliphatic carboxylic acids is 2. The van der Waals surface area contributed by atoms with Crippen LogP contribution in [-0.2, 0) is 20.9 Å². The fourth-order valence-corrected chi connectivity index (χ4v) is 1.23. The number of hydrogen-bond acceptors (Lipinski definition) is 5. The molecule has 0 aromatic carbocycles. The van der Waals surface area contributed by atoms with Crippen molar-refractivity contribution in [3.8, 4) is 0 Å². The van der Waals surface area contributed by atoms with Crippen LogP contribution in [0.3, 0.4) is 0 Å². The van der Waals surface area contributed by atoms with Crippen molar-refractivity contribution in [1.29, 1.82) is 0 Å². The molecule has 0 bridgehead atoms. The Labute approximate surface area is 101 Å². The summed E-state index contributed by atoms with van der Waals surface area (Å²) in [6, 6.07) is -1.22. The minimum Gasteiger partial charge on any atom is -0.481 e. The number of carbonyl (C=O) groups excluding carboxylic acids is 1. The second kappa shape index (κ2) is 6.33. The number of carbonyl (C=O) groups is 3. The highest BCUT2D eigenvalue weighted by Gasteiger charge is 2.20. The zero-order valence-electron chi connectivity index (χ0n) is 9.31. The summed E-state index contributed by atoms with van der Waals surface area (Å²) >= 11 is 0. The maximum Gasteiger partial charge on any atom is 0.326 e. The largest absolute Gasteiger partial charge is 0.481 e. The van der Waals surface area contributed by atoms with Crippen molar-refractivity contribution in [2.45, 2.75) is 25.4 Å². The van der Waals surface area contributed by atoms with Crippen LogP contribution in [0.2, 0.25) is 0 Å². The average Bonchev–Trinajstić information content (AvgIpc) is 2.76. The van der Waals surface area contributed by atoms with Crippen LogP contribution in [-0.4, -0.2) is 49.1 Å². The van der Waals surface area contributed by atoms with E-state index in [9.17, 15) is 14.4 Å². The molecule has 1 rings (SSSR count). The van der Waals surface area contributed by atoms with E-state index in [1.807, 2.05) is 0 Å². The molecule has 1 atom stereocenters. The lowest BCUT2D eigenvalue weighted by Gasteiger charge is -2.13. The normalized spacial score (nSPS) is 11.8. The van der Waals surface area contributed by atoms with Crippen molar-refractivity contribution in [1.82, 2.24) is 20.3 Å². The lowest BCUT2D eigenvalue weighted by molar-refractivity contribution is -0.143. The van der Waals surface area contributed by atoms with Gasteiger partial charge in [-0.1, -0.05) is 5.21 Å². The molecule has 0 unspecified atom stereocenters. The second-order valence-electron chi connectivity index (χ2n) is 3.49. The first-order valence-electron chi connectivity index (χ1n) is 5.07. The summed E-state index contributed by atoms with van der Waals surface area (Å²) in [4.78, 5) is 32.6. The van der Waals surface area contributed by atoms with Crippen LogP contribution in [0.5, 0.6) is 0 Å². The van der Waals surface area contributed by atoms with E-state index in [4.69, 9.17) is 10.2 Å². The van der Waals surface area contributed by atoms with Gasteiger partial charge in [-0.2, -0.15) is 0 Å². The number of nitrogens with zero attached hydrogens (tertiary/aromatic N) is 3. The Morgan fingerprint density at radius 2 is 2.06 bits per heavy atom. The van der Waals surface area contributed by atoms with Crippen LogP contribution in [0.15, 0.2) is 12.4 Å². The van der Waals surface area contributed by atoms with Crippen molar-refractivity contribution in [2.75, 3.05) is 0 Å². The lowest BCUT2D eigenvalue weighted by atomic mass is 10.1. The molecule has 0 fully saturated rings. The highest BCUT2D eigenvalue weighted by Crippen LogP contribution is 1.98. The molecule has 98 valence electrons. The highest BCUT2D eigenvalue weighted by atomic mass is 16.4. The molecule has 0 saturated heterocycles. The van der Waals surface area contributed by atoms with Gasteiger partial charge >= 0.3 is 11.9 Å². The fraction of sp³-hybridized carbons (Fsp3) is 0.444. The van der Waals surface area contributed by atoms with Crippen LogP contribution >= 0.6 is 0 Å². The van der Waals surface area contributed by atoms with Crippen molar-refractivity contribution in [3.05, 3.63) is 12.4 Å². The number of rotatable bonds is 7. The molecule has 1 aromatic rings. The quantitative estimate of drug-likeness (QED) is 0.552. The predicted octanol–water partition coefficient (Wildman–Crippen LogP) is -1.29. The minimum absolute atomic E-state index is 0.170. The molecule has 0 aliphatic carbocycles. The monoisotopic (exact) mass is 256 g/mol. The zero-order valence-corrected chi connectivity index (χ0v) is 9.31. The Morgan fingerprint density at radius 1 is 1.33 bits per heavy atom. The van der Waals surface area contributed by atoms with E-state index >= 15 is 0 Å². The van der Waals surface area contributed by atoms with Gasteiger partial charge < -0.3 is 15.5 Å². The van der Waals surface area contributed by atoms with Gasteiger partial charge in [0, 0.05) is 12.6 Å². The molecule has 9 nitrogen and oxygen atoms in total. The fourth-order valence-electron chi connectivity index (χ4n) is 1.23. The predicted molar refractivity (Wildman–Crippen MR) is 56.5 cm³/mol. The molecule has 1 amide bonds. The summed E-state index contributed by atoms with van der Waals surface area (Å²) in [7, 11) is 0. The first-order chi connectivity index (χ1) is 8.49. The van der Waals surface area contributed by atoms with Crippen LogP contribution in [0.25, 0.3) is 0 Å². The Bertz CT molecular complexity index is 430. The van der Waals surface area contributed by atoms with Gasteiger partial charge in [0.2, 0.25) is 5.91 Å². The van der Waals surface area contributed by atoms with Crippen molar-refractivity contribution in [2.24, 2.45) is 0 Å². The number of aromatic nitrogens is 3. The third kappa shape index (κ3) is 4.60. The van der Waals surface area contributed by atoms with E-state index in [1.165, 1.54) is 17.1 Å². The van der Waals surface area contributed by atoms with Gasteiger partial charge in [-0.3, -0.25) is 9.59 Å². The molecule has 9 heteroatoms. The third-order valence-corrected chi connectivity index (χ3v) is 2.06. The Hall–Kier alpha value is -2.45. The van der Waals surface area contributed by atoms with Gasteiger partial charge in [-0.25, -0.2) is 9.48 Å². The molecule has 0 saturated carbocycles. The van der Waals surface area contributed by atoms with Gasteiger partial charge in [0.15, 0.2) is 0 Å². The molecule has 3 N–H and O–H groups in total. The summed E-state index contributed by atoms with van der Waals surface area (Å²) in [6.45, 7) is -0.170. The number of hydrogen-bond donors (Lipinski definition) is 3. The van der Waals surface area contributed by atoms with E-state index < -0.39 is 23.9 Å². The third-order valence-electron chi connectivity index (χ3n) is 2.06. The van der Waals surface area contributed by atoms with Crippen LogP contribution in [0, 0.1) is 0 Å². The number of carboxylic acids is 2. The topological polar surface area (TPSA) is 134 Å². The van der Waals surface area contributed by atoms with E-state index in [1.54, 1.807) is 0 Å².